The Hall–Kier alpha value is -1.08. The topological polar surface area (TPSA) is 49.3 Å². The molecular weight excluding hydrogens is 267 g/mol. The van der Waals surface area contributed by atoms with Crippen molar-refractivity contribution in [3.63, 3.8) is 0 Å². The number of carboxylic acid groups (broad SMARTS) is 1. The van der Waals surface area contributed by atoms with Crippen LogP contribution in [0.3, 0.4) is 0 Å². The molecule has 0 aliphatic rings. The van der Waals surface area contributed by atoms with Crippen molar-refractivity contribution in [2.45, 2.75) is 26.6 Å². The van der Waals surface area contributed by atoms with E-state index in [1.807, 2.05) is 19.9 Å². The van der Waals surface area contributed by atoms with Gasteiger partial charge in [-0.2, -0.15) is 13.2 Å². The third-order valence-electron chi connectivity index (χ3n) is 2.56. The van der Waals surface area contributed by atoms with Gasteiger partial charge in [-0.1, -0.05) is 0 Å². The van der Waals surface area contributed by atoms with Crippen molar-refractivity contribution in [1.82, 2.24) is 5.32 Å². The van der Waals surface area contributed by atoms with Gasteiger partial charge < -0.3 is 10.4 Å². The highest BCUT2D eigenvalue weighted by atomic mass is 32.1. The minimum atomic E-state index is -4.72. The van der Waals surface area contributed by atoms with Gasteiger partial charge in [-0.15, -0.1) is 11.3 Å². The number of hydrogen-bond donors (Lipinski definition) is 2. The standard InChI is InChI=1S/C11H14F3NO2S/c1-6-3-8(18-7(6)2)4-15-5-9(10(16)17)11(12,13)14/h3,9,15H,4-5H2,1-2H3,(H,16,17). The van der Waals surface area contributed by atoms with E-state index < -0.39 is 24.6 Å². The highest BCUT2D eigenvalue weighted by Gasteiger charge is 2.44. The number of aliphatic carboxylic acids is 1. The molecule has 0 spiro atoms. The number of alkyl halides is 3. The molecule has 1 aromatic rings. The molecule has 1 heterocycles. The summed E-state index contributed by atoms with van der Waals surface area (Å²) in [5, 5.41) is 11.0. The number of rotatable bonds is 5. The van der Waals surface area contributed by atoms with Gasteiger partial charge in [-0.25, -0.2) is 0 Å². The molecule has 1 unspecified atom stereocenters. The maximum absolute atomic E-state index is 12.3. The minimum absolute atomic E-state index is 0.249. The van der Waals surface area contributed by atoms with Crippen LogP contribution in [-0.2, 0) is 11.3 Å². The van der Waals surface area contributed by atoms with Gasteiger partial charge in [0.05, 0.1) is 0 Å². The summed E-state index contributed by atoms with van der Waals surface area (Å²) in [7, 11) is 0. The molecule has 7 heteroatoms. The molecule has 0 bridgehead atoms. The number of halogens is 3. The first kappa shape index (κ1) is 15.0. The second-order valence-electron chi connectivity index (χ2n) is 4.02. The fraction of sp³-hybridized carbons (Fsp3) is 0.545. The van der Waals surface area contributed by atoms with Gasteiger partial charge in [0.15, 0.2) is 5.92 Å². The first-order valence-corrected chi connectivity index (χ1v) is 6.09. The number of aryl methyl sites for hydroxylation is 2. The van der Waals surface area contributed by atoms with Crippen LogP contribution < -0.4 is 5.32 Å². The summed E-state index contributed by atoms with van der Waals surface area (Å²) in [4.78, 5) is 12.5. The second-order valence-corrected chi connectivity index (χ2v) is 5.36. The van der Waals surface area contributed by atoms with E-state index >= 15 is 0 Å². The fourth-order valence-electron chi connectivity index (χ4n) is 1.42. The van der Waals surface area contributed by atoms with Crippen molar-refractivity contribution in [2.75, 3.05) is 6.54 Å². The van der Waals surface area contributed by atoms with Crippen LogP contribution in [0.2, 0.25) is 0 Å². The van der Waals surface area contributed by atoms with Crippen LogP contribution in [0.1, 0.15) is 15.3 Å². The number of carboxylic acids is 1. The maximum Gasteiger partial charge on any atom is 0.403 e. The molecule has 1 atom stereocenters. The Morgan fingerprint density at radius 1 is 1.50 bits per heavy atom. The molecular formula is C11H14F3NO2S. The summed E-state index contributed by atoms with van der Waals surface area (Å²) < 4.78 is 37.0. The average molecular weight is 281 g/mol. The van der Waals surface area contributed by atoms with Crippen LogP contribution in [0.4, 0.5) is 13.2 Å². The number of carbonyl (C=O) groups is 1. The van der Waals surface area contributed by atoms with Crippen molar-refractivity contribution in [3.05, 3.63) is 21.4 Å². The Morgan fingerprint density at radius 3 is 2.50 bits per heavy atom. The number of nitrogens with one attached hydrogen (secondary N) is 1. The third kappa shape index (κ3) is 3.99. The van der Waals surface area contributed by atoms with Crippen molar-refractivity contribution < 1.29 is 23.1 Å². The first-order chi connectivity index (χ1) is 8.21. The van der Waals surface area contributed by atoms with Crippen LogP contribution in [0.15, 0.2) is 6.07 Å². The Labute approximate surface area is 107 Å². The molecule has 102 valence electrons. The molecule has 0 fully saturated rings. The predicted octanol–water partition coefficient (Wildman–Crippen LogP) is 2.72. The van der Waals surface area contributed by atoms with Crippen LogP contribution in [-0.4, -0.2) is 23.8 Å². The van der Waals surface area contributed by atoms with Gasteiger partial charge in [0, 0.05) is 22.8 Å². The lowest BCUT2D eigenvalue weighted by Gasteiger charge is -2.16. The summed E-state index contributed by atoms with van der Waals surface area (Å²) >= 11 is 1.49. The Morgan fingerprint density at radius 2 is 2.11 bits per heavy atom. The van der Waals surface area contributed by atoms with E-state index in [1.165, 1.54) is 11.3 Å². The first-order valence-electron chi connectivity index (χ1n) is 5.28. The molecule has 0 aliphatic carbocycles. The van der Waals surface area contributed by atoms with Crippen LogP contribution in [0.5, 0.6) is 0 Å². The van der Waals surface area contributed by atoms with Crippen molar-refractivity contribution in [2.24, 2.45) is 5.92 Å². The summed E-state index contributed by atoms with van der Waals surface area (Å²) in [6.07, 6.45) is -4.72. The lowest BCUT2D eigenvalue weighted by molar-refractivity contribution is -0.192. The smallest absolute Gasteiger partial charge is 0.403 e. The Bertz CT molecular complexity index is 409. The molecule has 0 saturated heterocycles. The Kier molecular flexibility index (Phi) is 4.75. The van der Waals surface area contributed by atoms with Gasteiger partial charge >= 0.3 is 12.1 Å². The van der Waals surface area contributed by atoms with E-state index in [9.17, 15) is 18.0 Å². The fourth-order valence-corrected chi connectivity index (χ4v) is 2.44. The van der Waals surface area contributed by atoms with Gasteiger partial charge in [-0.3, -0.25) is 4.79 Å². The molecule has 0 aromatic carbocycles. The lowest BCUT2D eigenvalue weighted by Crippen LogP contribution is -2.38. The second kappa shape index (κ2) is 5.71. The van der Waals surface area contributed by atoms with Crippen LogP contribution in [0, 0.1) is 19.8 Å². The van der Waals surface area contributed by atoms with E-state index in [0.717, 1.165) is 15.3 Å². The zero-order chi connectivity index (χ0) is 13.9. The summed E-state index contributed by atoms with van der Waals surface area (Å²) in [6.45, 7) is 3.48. The van der Waals surface area contributed by atoms with Crippen LogP contribution in [0.25, 0.3) is 0 Å². The Balaban J connectivity index is 2.52. The van der Waals surface area contributed by atoms with Crippen molar-refractivity contribution in [1.29, 1.82) is 0 Å². The third-order valence-corrected chi connectivity index (χ3v) is 3.71. The number of thiophene rings is 1. The lowest BCUT2D eigenvalue weighted by atomic mass is 10.1. The largest absolute Gasteiger partial charge is 0.481 e. The quantitative estimate of drug-likeness (QED) is 0.872. The minimum Gasteiger partial charge on any atom is -0.481 e. The van der Waals surface area contributed by atoms with Gasteiger partial charge in [-0.05, 0) is 25.5 Å². The predicted molar refractivity (Wildman–Crippen MR) is 62.7 cm³/mol. The summed E-state index contributed by atoms with van der Waals surface area (Å²) in [6, 6.07) is 1.89. The van der Waals surface area contributed by atoms with Crippen molar-refractivity contribution in [3.8, 4) is 0 Å². The SMILES string of the molecule is Cc1cc(CNCC(C(=O)O)C(F)(F)F)sc1C. The monoisotopic (exact) mass is 281 g/mol. The van der Waals surface area contributed by atoms with E-state index in [-0.39, 0.29) is 6.54 Å². The van der Waals surface area contributed by atoms with E-state index in [2.05, 4.69) is 5.32 Å². The normalized spacial score (nSPS) is 13.6. The zero-order valence-electron chi connectivity index (χ0n) is 9.97. The van der Waals surface area contributed by atoms with Gasteiger partial charge in [0.25, 0.3) is 0 Å². The van der Waals surface area contributed by atoms with E-state index in [4.69, 9.17) is 5.11 Å². The summed E-state index contributed by atoms with van der Waals surface area (Å²) in [5.74, 6) is -4.21. The molecule has 3 nitrogen and oxygen atoms in total. The van der Waals surface area contributed by atoms with E-state index in [0.29, 0.717) is 0 Å². The highest BCUT2D eigenvalue weighted by Crippen LogP contribution is 2.26. The van der Waals surface area contributed by atoms with Gasteiger partial charge in [0.1, 0.15) is 0 Å². The maximum atomic E-state index is 12.3. The molecule has 18 heavy (non-hydrogen) atoms. The molecule has 1 rings (SSSR count). The summed E-state index contributed by atoms with van der Waals surface area (Å²) in [5.41, 5.74) is 1.09. The zero-order valence-corrected chi connectivity index (χ0v) is 10.8. The highest BCUT2D eigenvalue weighted by molar-refractivity contribution is 7.12. The molecule has 1 aromatic heterocycles. The van der Waals surface area contributed by atoms with E-state index in [1.54, 1.807) is 0 Å². The van der Waals surface area contributed by atoms with Crippen LogP contribution >= 0.6 is 11.3 Å². The molecule has 0 aliphatic heterocycles. The number of hydrogen-bond acceptors (Lipinski definition) is 3. The molecule has 0 amide bonds. The molecule has 0 saturated carbocycles. The molecule has 2 N–H and O–H groups in total. The molecule has 0 radical (unpaired) electrons. The average Bonchev–Trinajstić information content (AvgIpc) is 2.51. The van der Waals surface area contributed by atoms with Crippen molar-refractivity contribution >= 4 is 17.3 Å². The van der Waals surface area contributed by atoms with Gasteiger partial charge in [0.2, 0.25) is 0 Å².